The predicted octanol–water partition coefficient (Wildman–Crippen LogP) is 0.483. The molecule has 1 saturated carbocycles. The van der Waals surface area contributed by atoms with Crippen molar-refractivity contribution >= 4 is 5.91 Å². The zero-order valence-corrected chi connectivity index (χ0v) is 8.62. The van der Waals surface area contributed by atoms with E-state index < -0.39 is 0 Å². The van der Waals surface area contributed by atoms with Gasteiger partial charge >= 0.3 is 0 Å². The molecular formula is C11H15N3O. The van der Waals surface area contributed by atoms with Gasteiger partial charge in [-0.05, 0) is 25.0 Å². The number of amides is 1. The number of rotatable bonds is 2. The molecule has 0 atom stereocenters. The Labute approximate surface area is 88.7 Å². The molecule has 1 aromatic rings. The van der Waals surface area contributed by atoms with Gasteiger partial charge in [-0.3, -0.25) is 4.79 Å². The molecule has 1 aromatic heterocycles. The first-order valence-corrected chi connectivity index (χ1v) is 5.54. The van der Waals surface area contributed by atoms with Crippen LogP contribution >= 0.6 is 0 Å². The number of carbonyl (C=O) groups is 1. The molecule has 3 rings (SSSR count). The van der Waals surface area contributed by atoms with Gasteiger partial charge in [0.2, 0.25) is 0 Å². The van der Waals surface area contributed by atoms with E-state index in [0.29, 0.717) is 6.04 Å². The second kappa shape index (κ2) is 3.38. The van der Waals surface area contributed by atoms with Crippen LogP contribution in [0.15, 0.2) is 12.1 Å². The van der Waals surface area contributed by atoms with Crippen molar-refractivity contribution in [3.63, 3.8) is 0 Å². The van der Waals surface area contributed by atoms with Crippen LogP contribution in [0.3, 0.4) is 0 Å². The van der Waals surface area contributed by atoms with E-state index in [-0.39, 0.29) is 5.91 Å². The molecule has 2 heterocycles. The number of carbonyl (C=O) groups excluding carboxylic acids is 1. The third kappa shape index (κ3) is 1.65. The van der Waals surface area contributed by atoms with Gasteiger partial charge in [-0.2, -0.15) is 0 Å². The molecule has 1 fully saturated rings. The van der Waals surface area contributed by atoms with Crippen LogP contribution in [0, 0.1) is 0 Å². The molecule has 4 nitrogen and oxygen atoms in total. The van der Waals surface area contributed by atoms with Gasteiger partial charge in [0.15, 0.2) is 0 Å². The molecule has 0 unspecified atom stereocenters. The monoisotopic (exact) mass is 205 g/mol. The van der Waals surface area contributed by atoms with Crippen molar-refractivity contribution in [2.75, 3.05) is 6.54 Å². The summed E-state index contributed by atoms with van der Waals surface area (Å²) in [7, 11) is 0. The fourth-order valence-electron chi connectivity index (χ4n) is 2.02. The van der Waals surface area contributed by atoms with Crippen LogP contribution in [-0.2, 0) is 13.1 Å². The van der Waals surface area contributed by atoms with Crippen molar-refractivity contribution in [1.82, 2.24) is 15.2 Å². The predicted molar refractivity (Wildman–Crippen MR) is 56.6 cm³/mol. The van der Waals surface area contributed by atoms with Crippen LogP contribution in [-0.4, -0.2) is 23.1 Å². The molecule has 4 heteroatoms. The van der Waals surface area contributed by atoms with Gasteiger partial charge in [0, 0.05) is 31.4 Å². The normalized spacial score (nSPS) is 19.7. The lowest BCUT2D eigenvalue weighted by molar-refractivity contribution is 0.0940. The van der Waals surface area contributed by atoms with E-state index in [4.69, 9.17) is 0 Å². The van der Waals surface area contributed by atoms with Crippen molar-refractivity contribution in [3.8, 4) is 0 Å². The van der Waals surface area contributed by atoms with Crippen molar-refractivity contribution in [1.29, 1.82) is 0 Å². The maximum absolute atomic E-state index is 11.9. The Kier molecular flexibility index (Phi) is 2.02. The van der Waals surface area contributed by atoms with Gasteiger partial charge in [-0.15, -0.1) is 0 Å². The van der Waals surface area contributed by atoms with Crippen molar-refractivity contribution < 1.29 is 4.79 Å². The molecule has 0 radical (unpaired) electrons. The van der Waals surface area contributed by atoms with Crippen molar-refractivity contribution in [2.24, 2.45) is 0 Å². The molecule has 80 valence electrons. The van der Waals surface area contributed by atoms with E-state index in [0.717, 1.165) is 38.2 Å². The second-order valence-corrected chi connectivity index (χ2v) is 4.29. The Hall–Kier alpha value is -1.29. The number of hydrogen-bond donors (Lipinski definition) is 2. The largest absolute Gasteiger partial charge is 0.348 e. The van der Waals surface area contributed by atoms with Crippen molar-refractivity contribution in [3.05, 3.63) is 23.5 Å². The highest BCUT2D eigenvalue weighted by molar-refractivity contribution is 5.93. The van der Waals surface area contributed by atoms with E-state index in [1.807, 2.05) is 12.1 Å². The molecule has 0 aromatic carbocycles. The first-order valence-electron chi connectivity index (χ1n) is 5.54. The fraction of sp³-hybridized carbons (Fsp3) is 0.545. The Bertz CT molecular complexity index is 393. The van der Waals surface area contributed by atoms with E-state index >= 15 is 0 Å². The van der Waals surface area contributed by atoms with Gasteiger partial charge in [0.05, 0.1) is 0 Å². The first-order chi connectivity index (χ1) is 7.34. The quantitative estimate of drug-likeness (QED) is 0.738. The minimum absolute atomic E-state index is 0.0886. The van der Waals surface area contributed by atoms with Crippen LogP contribution in [0.2, 0.25) is 0 Å². The average Bonchev–Trinajstić information content (AvgIpc) is 2.96. The summed E-state index contributed by atoms with van der Waals surface area (Å²) < 4.78 is 2.12. The zero-order valence-electron chi connectivity index (χ0n) is 8.62. The molecule has 1 aliphatic carbocycles. The Morgan fingerprint density at radius 3 is 3.13 bits per heavy atom. The number of fused-ring (bicyclic) bond motifs is 1. The third-order valence-electron chi connectivity index (χ3n) is 3.03. The summed E-state index contributed by atoms with van der Waals surface area (Å²) in [5.74, 6) is 0.0886. The van der Waals surface area contributed by atoms with Gasteiger partial charge in [0.1, 0.15) is 5.69 Å². The molecule has 15 heavy (non-hydrogen) atoms. The third-order valence-corrected chi connectivity index (χ3v) is 3.03. The average molecular weight is 205 g/mol. The van der Waals surface area contributed by atoms with E-state index in [1.165, 1.54) is 5.69 Å². The minimum atomic E-state index is 0.0886. The first kappa shape index (κ1) is 8.97. The highest BCUT2D eigenvalue weighted by Gasteiger charge is 2.25. The maximum Gasteiger partial charge on any atom is 0.268 e. The molecule has 2 N–H and O–H groups in total. The summed E-state index contributed by atoms with van der Waals surface area (Å²) in [6, 6.07) is 4.40. The minimum Gasteiger partial charge on any atom is -0.348 e. The second-order valence-electron chi connectivity index (χ2n) is 4.29. The van der Waals surface area contributed by atoms with Gasteiger partial charge < -0.3 is 15.2 Å². The Morgan fingerprint density at radius 2 is 2.33 bits per heavy atom. The lowest BCUT2D eigenvalue weighted by Crippen LogP contribution is -2.33. The molecular weight excluding hydrogens is 190 g/mol. The number of nitrogens with zero attached hydrogens (tertiary/aromatic N) is 1. The SMILES string of the molecule is O=C(NC1CC1)c1ccc2n1CCNC2. The lowest BCUT2D eigenvalue weighted by Gasteiger charge is -2.18. The summed E-state index contributed by atoms with van der Waals surface area (Å²) in [6.07, 6.45) is 2.28. The summed E-state index contributed by atoms with van der Waals surface area (Å²) >= 11 is 0. The lowest BCUT2D eigenvalue weighted by atomic mass is 10.3. The van der Waals surface area contributed by atoms with E-state index in [2.05, 4.69) is 15.2 Å². The van der Waals surface area contributed by atoms with Gasteiger partial charge in [-0.1, -0.05) is 0 Å². The van der Waals surface area contributed by atoms with E-state index in [1.54, 1.807) is 0 Å². The number of aromatic nitrogens is 1. The van der Waals surface area contributed by atoms with Crippen LogP contribution in [0.25, 0.3) is 0 Å². The molecule has 1 amide bonds. The molecule has 2 aliphatic rings. The molecule has 0 saturated heterocycles. The van der Waals surface area contributed by atoms with Gasteiger partial charge in [0.25, 0.3) is 5.91 Å². The van der Waals surface area contributed by atoms with Crippen LogP contribution < -0.4 is 10.6 Å². The zero-order chi connectivity index (χ0) is 10.3. The van der Waals surface area contributed by atoms with Crippen molar-refractivity contribution in [2.45, 2.75) is 32.0 Å². The number of hydrogen-bond acceptors (Lipinski definition) is 2. The fourth-order valence-corrected chi connectivity index (χ4v) is 2.02. The summed E-state index contributed by atoms with van der Waals surface area (Å²) in [5, 5.41) is 6.32. The van der Waals surface area contributed by atoms with Gasteiger partial charge in [-0.25, -0.2) is 0 Å². The topological polar surface area (TPSA) is 46.1 Å². The standard InChI is InChI=1S/C11H15N3O/c15-11(13-8-1-2-8)10-4-3-9-7-12-5-6-14(9)10/h3-4,8,12H,1-2,5-7H2,(H,13,15). The maximum atomic E-state index is 11.9. The molecule has 0 bridgehead atoms. The summed E-state index contributed by atoms with van der Waals surface area (Å²) in [6.45, 7) is 2.72. The van der Waals surface area contributed by atoms with Crippen LogP contribution in [0.4, 0.5) is 0 Å². The summed E-state index contributed by atoms with van der Waals surface area (Å²) in [5.41, 5.74) is 2.03. The summed E-state index contributed by atoms with van der Waals surface area (Å²) in [4.78, 5) is 11.9. The number of nitrogens with one attached hydrogen (secondary N) is 2. The van der Waals surface area contributed by atoms with E-state index in [9.17, 15) is 4.79 Å². The van der Waals surface area contributed by atoms with Crippen LogP contribution in [0.5, 0.6) is 0 Å². The van der Waals surface area contributed by atoms with Crippen LogP contribution in [0.1, 0.15) is 29.0 Å². The molecule has 0 spiro atoms. The Balaban J connectivity index is 1.83. The highest BCUT2D eigenvalue weighted by atomic mass is 16.2. The smallest absolute Gasteiger partial charge is 0.268 e. The highest BCUT2D eigenvalue weighted by Crippen LogP contribution is 2.20. The Morgan fingerprint density at radius 1 is 1.47 bits per heavy atom. The molecule has 1 aliphatic heterocycles.